The molecule has 7 heteroatoms. The van der Waals surface area contributed by atoms with E-state index in [1.807, 2.05) is 18.6 Å². The summed E-state index contributed by atoms with van der Waals surface area (Å²) < 4.78 is 0. The number of hydrogen-bond donors (Lipinski definition) is 4. The Kier molecular flexibility index (Phi) is 11.9. The fourth-order valence-corrected chi connectivity index (χ4v) is 5.04. The molecule has 7 nitrogen and oxygen atoms in total. The molecule has 2 aromatic carbocycles. The molecule has 1 saturated carbocycles. The molecule has 0 bridgehead atoms. The number of nitrogens with zero attached hydrogens (tertiary/aromatic N) is 2. The molecule has 0 aliphatic heterocycles. The maximum atomic E-state index is 9.86. The molecule has 0 spiro atoms. The summed E-state index contributed by atoms with van der Waals surface area (Å²) in [6.07, 6.45) is 12.7. The van der Waals surface area contributed by atoms with E-state index in [0.29, 0.717) is 6.04 Å². The number of aromatic nitrogens is 1. The monoisotopic (exact) mass is 541 g/mol. The lowest BCUT2D eigenvalue weighted by Crippen LogP contribution is -2.28. The molecule has 1 aliphatic rings. The number of carbonyl (C=O) groups excluding carboxylic acids is 1. The summed E-state index contributed by atoms with van der Waals surface area (Å²) in [6.45, 7) is 9.35. The van der Waals surface area contributed by atoms with Crippen molar-refractivity contribution in [3.63, 3.8) is 0 Å². The quantitative estimate of drug-likeness (QED) is 0.186. The van der Waals surface area contributed by atoms with Crippen molar-refractivity contribution in [2.45, 2.75) is 71.9 Å². The largest absolute Gasteiger partial charge is 0.393 e. The Hall–Kier alpha value is -3.97. The molecule has 1 amide bonds. The number of fused-ring (bicyclic) bond motifs is 1. The molecule has 1 aliphatic carbocycles. The summed E-state index contributed by atoms with van der Waals surface area (Å²) in [5.41, 5.74) is 11.9. The Morgan fingerprint density at radius 2 is 1.88 bits per heavy atom. The van der Waals surface area contributed by atoms with Crippen molar-refractivity contribution in [2.24, 2.45) is 10.7 Å². The summed E-state index contributed by atoms with van der Waals surface area (Å²) >= 11 is 0. The molecule has 0 unspecified atom stereocenters. The molecule has 5 N–H and O–H groups in total. The van der Waals surface area contributed by atoms with Crippen LogP contribution in [0.1, 0.15) is 64.0 Å². The number of allylic oxidation sites excluding steroid dienone is 3. The van der Waals surface area contributed by atoms with E-state index >= 15 is 0 Å². The highest BCUT2D eigenvalue weighted by Gasteiger charge is 2.20. The third kappa shape index (κ3) is 8.26. The minimum absolute atomic E-state index is 0.148. The van der Waals surface area contributed by atoms with Gasteiger partial charge in [0, 0.05) is 53.5 Å². The number of anilines is 1. The summed E-state index contributed by atoms with van der Waals surface area (Å²) in [7, 11) is 0. The second kappa shape index (κ2) is 15.6. The van der Waals surface area contributed by atoms with Gasteiger partial charge < -0.3 is 21.5 Å². The zero-order valence-electron chi connectivity index (χ0n) is 24.2. The molecule has 1 aromatic heterocycles. The summed E-state index contributed by atoms with van der Waals surface area (Å²) in [6, 6.07) is 15.5. The van der Waals surface area contributed by atoms with E-state index in [9.17, 15) is 5.11 Å². The van der Waals surface area contributed by atoms with Crippen molar-refractivity contribution in [3.8, 4) is 11.3 Å². The predicted octanol–water partition coefficient (Wildman–Crippen LogP) is 6.36. The molecular weight excluding hydrogens is 498 g/mol. The predicted molar refractivity (Wildman–Crippen MR) is 168 cm³/mol. The fourth-order valence-electron chi connectivity index (χ4n) is 5.04. The Labute approximate surface area is 238 Å². The first-order chi connectivity index (χ1) is 19.4. The van der Waals surface area contributed by atoms with E-state index in [4.69, 9.17) is 9.78 Å². The van der Waals surface area contributed by atoms with E-state index in [1.54, 1.807) is 0 Å². The van der Waals surface area contributed by atoms with Gasteiger partial charge in [-0.15, -0.1) is 0 Å². The second-order valence-corrected chi connectivity index (χ2v) is 10.1. The van der Waals surface area contributed by atoms with E-state index in [1.165, 1.54) is 10.9 Å². The number of rotatable bonds is 9. The van der Waals surface area contributed by atoms with Gasteiger partial charge in [-0.25, -0.2) is 0 Å². The Balaban J connectivity index is 0.00000141. The maximum Gasteiger partial charge on any atom is 0.204 e. The van der Waals surface area contributed by atoms with Gasteiger partial charge in [0.2, 0.25) is 6.41 Å². The number of aliphatic hydroxyl groups is 1. The number of nitrogens with one attached hydrogen (secondary N) is 2. The Morgan fingerprint density at radius 1 is 1.12 bits per heavy atom. The molecule has 1 fully saturated rings. The molecule has 4 rings (SSSR count). The van der Waals surface area contributed by atoms with Gasteiger partial charge in [0.25, 0.3) is 0 Å². The van der Waals surface area contributed by atoms with E-state index in [2.05, 4.69) is 97.6 Å². The topological polar surface area (TPSA) is 113 Å². The van der Waals surface area contributed by atoms with E-state index in [0.717, 1.165) is 77.8 Å². The van der Waals surface area contributed by atoms with Gasteiger partial charge >= 0.3 is 0 Å². The SMILES string of the molecule is CC/C=C(/C=N/C=C(\C)c1cccc2c(-c3ccc(C)c(NC4CCC(O)CC4)c3)nccc12)NCC.NC=O. The third-order valence-electron chi connectivity index (χ3n) is 7.09. The summed E-state index contributed by atoms with van der Waals surface area (Å²) in [5.74, 6) is 0. The zero-order chi connectivity index (χ0) is 28.9. The maximum absolute atomic E-state index is 9.86. The minimum atomic E-state index is -0.148. The van der Waals surface area contributed by atoms with Crippen LogP contribution >= 0.6 is 0 Å². The third-order valence-corrected chi connectivity index (χ3v) is 7.09. The van der Waals surface area contributed by atoms with E-state index in [-0.39, 0.29) is 12.5 Å². The second-order valence-electron chi connectivity index (χ2n) is 10.1. The number of primary amides is 1. The number of nitrogens with two attached hydrogens (primary N) is 1. The van der Waals surface area contributed by atoms with Gasteiger partial charge in [-0.05, 0) is 87.1 Å². The van der Waals surface area contributed by atoms with Crippen molar-refractivity contribution < 1.29 is 9.90 Å². The number of aliphatic imine (C=N–C) groups is 1. The number of pyridine rings is 1. The van der Waals surface area contributed by atoms with Crippen molar-refractivity contribution in [1.82, 2.24) is 10.3 Å². The molecule has 3 aromatic rings. The van der Waals surface area contributed by atoms with Gasteiger partial charge in [-0.2, -0.15) is 0 Å². The molecule has 40 heavy (non-hydrogen) atoms. The van der Waals surface area contributed by atoms with Gasteiger partial charge in [-0.1, -0.05) is 43.3 Å². The number of benzene rings is 2. The molecule has 0 saturated heterocycles. The highest BCUT2D eigenvalue weighted by atomic mass is 16.3. The van der Waals surface area contributed by atoms with Crippen LogP contribution in [0.3, 0.4) is 0 Å². The average Bonchev–Trinajstić information content (AvgIpc) is 2.95. The smallest absolute Gasteiger partial charge is 0.204 e. The molecular formula is C33H43N5O2. The van der Waals surface area contributed by atoms with E-state index < -0.39 is 0 Å². The van der Waals surface area contributed by atoms with Crippen molar-refractivity contribution in [1.29, 1.82) is 0 Å². The highest BCUT2D eigenvalue weighted by molar-refractivity contribution is 6.01. The number of aryl methyl sites for hydroxylation is 1. The normalized spacial score (nSPS) is 17.8. The minimum Gasteiger partial charge on any atom is -0.393 e. The average molecular weight is 542 g/mol. The number of aliphatic hydroxyl groups excluding tert-OH is 1. The first-order valence-electron chi connectivity index (χ1n) is 14.1. The summed E-state index contributed by atoms with van der Waals surface area (Å²) in [5, 5.41) is 19.2. The van der Waals surface area contributed by atoms with Crippen LogP contribution in [0, 0.1) is 6.92 Å². The van der Waals surface area contributed by atoms with Crippen LogP contribution in [0.5, 0.6) is 0 Å². The zero-order valence-corrected chi connectivity index (χ0v) is 24.2. The Bertz CT molecular complexity index is 1350. The standard InChI is InChI=1S/C32H40N4O.CH3NO/c1-5-8-26(34-6-2)21-33-20-23(4)28-9-7-10-30-29(28)17-18-35-32(30)24-12-11-22(3)31(19-24)36-25-13-15-27(37)16-14-25;2-1-3/h7-12,17-21,25,27,34,36-37H,5-6,13-16H2,1-4H3;1H,(H2,2,3)/b23-20+,26-8-,33-21+;. The van der Waals surface area contributed by atoms with Crippen LogP contribution in [-0.4, -0.2) is 41.4 Å². The van der Waals surface area contributed by atoms with Crippen molar-refractivity contribution >= 4 is 34.7 Å². The number of amides is 1. The van der Waals surface area contributed by atoms with Crippen LogP contribution in [0.4, 0.5) is 5.69 Å². The van der Waals surface area contributed by atoms with Gasteiger partial charge in [0.1, 0.15) is 0 Å². The lowest BCUT2D eigenvalue weighted by Gasteiger charge is -2.28. The van der Waals surface area contributed by atoms with Crippen LogP contribution < -0.4 is 16.4 Å². The van der Waals surface area contributed by atoms with Crippen LogP contribution in [-0.2, 0) is 4.79 Å². The first kappa shape index (κ1) is 30.6. The van der Waals surface area contributed by atoms with Crippen LogP contribution in [0.2, 0.25) is 0 Å². The van der Waals surface area contributed by atoms with Crippen LogP contribution in [0.15, 0.2) is 71.6 Å². The molecule has 212 valence electrons. The summed E-state index contributed by atoms with van der Waals surface area (Å²) in [4.78, 5) is 18.0. The van der Waals surface area contributed by atoms with Crippen molar-refractivity contribution in [3.05, 3.63) is 77.8 Å². The molecule has 0 radical (unpaired) electrons. The number of hydrogen-bond acceptors (Lipinski definition) is 6. The first-order valence-corrected chi connectivity index (χ1v) is 14.1. The molecule has 1 heterocycles. The fraction of sp³-hybridized carbons (Fsp3) is 0.364. The molecule has 0 atom stereocenters. The lowest BCUT2D eigenvalue weighted by molar-refractivity contribution is -0.106. The van der Waals surface area contributed by atoms with Gasteiger partial charge in [-0.3, -0.25) is 14.8 Å². The van der Waals surface area contributed by atoms with Gasteiger partial charge in [0.15, 0.2) is 0 Å². The van der Waals surface area contributed by atoms with Crippen LogP contribution in [0.25, 0.3) is 27.6 Å². The van der Waals surface area contributed by atoms with Crippen molar-refractivity contribution in [2.75, 3.05) is 11.9 Å². The lowest BCUT2D eigenvalue weighted by atomic mass is 9.92. The Morgan fingerprint density at radius 3 is 2.58 bits per heavy atom. The number of carbonyl (C=O) groups is 1. The highest BCUT2D eigenvalue weighted by Crippen LogP contribution is 2.34. The van der Waals surface area contributed by atoms with Gasteiger partial charge in [0.05, 0.1) is 11.8 Å².